The molecule has 0 saturated heterocycles. The summed E-state index contributed by atoms with van der Waals surface area (Å²) in [5.74, 6) is -4.30. The van der Waals surface area contributed by atoms with E-state index in [1.165, 1.54) is 0 Å². The zero-order valence-electron chi connectivity index (χ0n) is 11.4. The van der Waals surface area contributed by atoms with Crippen LogP contribution in [0.2, 0.25) is 0 Å². The maximum absolute atomic E-state index is 11.1. The minimum Gasteiger partial charge on any atom is -1.00 e. The van der Waals surface area contributed by atoms with E-state index in [1.807, 2.05) is 0 Å². The molecule has 0 aliphatic carbocycles. The Balaban J connectivity index is -0.00000144. The first kappa shape index (κ1) is 20.9. The van der Waals surface area contributed by atoms with Crippen molar-refractivity contribution in [2.45, 2.75) is 31.3 Å². The van der Waals surface area contributed by atoms with Gasteiger partial charge in [0.2, 0.25) is 5.78 Å². The maximum Gasteiger partial charge on any atom is 1.00 e. The van der Waals surface area contributed by atoms with Crippen LogP contribution in [0.5, 0.6) is 0 Å². The molecule has 5 N–H and O–H groups in total. The van der Waals surface area contributed by atoms with Crippen molar-refractivity contribution in [3.63, 3.8) is 0 Å². The number of Topliss-reactive ketones (excluding diaryl/α,β-unsaturated/α-hetero) is 1. The van der Waals surface area contributed by atoms with E-state index in [9.17, 15) is 24.6 Å². The van der Waals surface area contributed by atoms with Gasteiger partial charge in [0.15, 0.2) is 6.10 Å². The van der Waals surface area contributed by atoms with Gasteiger partial charge in [-0.3, -0.25) is 4.79 Å². The third-order valence-electron chi connectivity index (χ3n) is 1.98. The molecule has 4 atom stereocenters. The third-order valence-corrected chi connectivity index (χ3v) is 1.98. The van der Waals surface area contributed by atoms with Crippen molar-refractivity contribution in [1.29, 1.82) is 0 Å². The van der Waals surface area contributed by atoms with Crippen LogP contribution in [-0.4, -0.2) is 74.3 Å². The molecule has 106 valence electrons. The molecule has 0 heterocycles. The molecule has 0 aromatic carbocycles. The van der Waals surface area contributed by atoms with E-state index in [4.69, 9.17) is 15.3 Å². The predicted octanol–water partition coefficient (Wildman–Crippen LogP) is -6.80. The van der Waals surface area contributed by atoms with E-state index in [0.717, 1.165) is 6.92 Å². The molecule has 0 radical (unpaired) electrons. The number of ether oxygens (including phenoxy) is 1. The van der Waals surface area contributed by atoms with Crippen molar-refractivity contribution in [2.75, 3.05) is 6.61 Å². The number of aliphatic hydroxyl groups excluding tert-OH is 5. The molecular formula is C9H15NaO9. The number of carbonyl (C=O) groups is 3. The van der Waals surface area contributed by atoms with Crippen molar-refractivity contribution in [3.05, 3.63) is 0 Å². The van der Waals surface area contributed by atoms with Crippen LogP contribution >= 0.6 is 0 Å². The average molecular weight is 290 g/mol. The smallest absolute Gasteiger partial charge is 1.00 e. The van der Waals surface area contributed by atoms with Crippen LogP contribution in [-0.2, 0) is 19.1 Å². The van der Waals surface area contributed by atoms with Crippen LogP contribution in [0.3, 0.4) is 0 Å². The van der Waals surface area contributed by atoms with Gasteiger partial charge in [0, 0.05) is 6.92 Å². The van der Waals surface area contributed by atoms with E-state index < -0.39 is 48.7 Å². The number of aliphatic hydroxyl groups is 5. The zero-order valence-corrected chi connectivity index (χ0v) is 12.4. The predicted molar refractivity (Wildman–Crippen MR) is 54.0 cm³/mol. The number of rotatable bonds is 6. The van der Waals surface area contributed by atoms with Crippen LogP contribution in [0.4, 0.5) is 0 Å². The summed E-state index contributed by atoms with van der Waals surface area (Å²) in [4.78, 5) is 32.2. The molecule has 19 heavy (non-hydrogen) atoms. The molecule has 0 aromatic rings. The summed E-state index contributed by atoms with van der Waals surface area (Å²) in [5.41, 5.74) is 0. The second-order valence-electron chi connectivity index (χ2n) is 3.44. The maximum atomic E-state index is 11.1. The fraction of sp³-hybridized carbons (Fsp3) is 0.667. The van der Waals surface area contributed by atoms with Crippen LogP contribution < -0.4 is 29.6 Å². The van der Waals surface area contributed by atoms with E-state index in [2.05, 4.69) is 4.74 Å². The molecule has 10 heteroatoms. The van der Waals surface area contributed by atoms with Crippen molar-refractivity contribution >= 4 is 17.7 Å². The van der Waals surface area contributed by atoms with Gasteiger partial charge < -0.3 is 31.7 Å². The van der Waals surface area contributed by atoms with Gasteiger partial charge in [-0.1, -0.05) is 0 Å². The fourth-order valence-corrected chi connectivity index (χ4v) is 0.885. The van der Waals surface area contributed by atoms with Gasteiger partial charge in [-0.05, 0) is 0 Å². The quantitative estimate of drug-likeness (QED) is 0.138. The van der Waals surface area contributed by atoms with Crippen molar-refractivity contribution in [2.24, 2.45) is 0 Å². The first-order valence-electron chi connectivity index (χ1n) is 4.82. The summed E-state index contributed by atoms with van der Waals surface area (Å²) in [6.07, 6.45) is -8.39. The largest absolute Gasteiger partial charge is 1.00 e. The first-order valence-corrected chi connectivity index (χ1v) is 4.82. The van der Waals surface area contributed by atoms with Crippen molar-refractivity contribution in [1.82, 2.24) is 0 Å². The summed E-state index contributed by atoms with van der Waals surface area (Å²) in [6, 6.07) is 0. The van der Waals surface area contributed by atoms with Gasteiger partial charge in [0.1, 0.15) is 18.3 Å². The van der Waals surface area contributed by atoms with Crippen LogP contribution in [0, 0.1) is 0 Å². The second-order valence-corrected chi connectivity index (χ2v) is 3.44. The molecule has 0 unspecified atom stereocenters. The average Bonchev–Trinajstić information content (AvgIpc) is 2.34. The van der Waals surface area contributed by atoms with Gasteiger partial charge in [0.05, 0.1) is 6.61 Å². The minimum absolute atomic E-state index is 0. The summed E-state index contributed by atoms with van der Waals surface area (Å²) < 4.78 is 3.87. The topological polar surface area (TPSA) is 162 Å². The molecular weight excluding hydrogens is 275 g/mol. The van der Waals surface area contributed by atoms with Crippen LogP contribution in [0.15, 0.2) is 0 Å². The molecule has 0 spiro atoms. The van der Waals surface area contributed by atoms with Crippen molar-refractivity contribution < 1.29 is 75.6 Å². The number of hydrogen-bond donors (Lipinski definition) is 5. The van der Waals surface area contributed by atoms with E-state index in [0.29, 0.717) is 0 Å². The van der Waals surface area contributed by atoms with Gasteiger partial charge >= 0.3 is 41.5 Å². The minimum atomic E-state index is -2.36. The Labute approximate surface area is 131 Å². The van der Waals surface area contributed by atoms with Gasteiger partial charge in [-0.2, -0.15) is 0 Å². The SMILES string of the molecule is CC(=O)C(=O)OC(=O)[C@H](O)[C@@H](O)[C@H](O)[C@H](O)CO.[H-].[Na+]. The van der Waals surface area contributed by atoms with E-state index >= 15 is 0 Å². The van der Waals surface area contributed by atoms with Gasteiger partial charge in [-0.25, -0.2) is 9.59 Å². The number of carbonyl (C=O) groups excluding carboxylic acids is 3. The Morgan fingerprint density at radius 2 is 1.58 bits per heavy atom. The number of esters is 2. The first-order chi connectivity index (χ1) is 8.22. The molecule has 9 nitrogen and oxygen atoms in total. The van der Waals surface area contributed by atoms with Gasteiger partial charge in [0.25, 0.3) is 0 Å². The van der Waals surface area contributed by atoms with Crippen LogP contribution in [0.1, 0.15) is 8.35 Å². The Kier molecular flexibility index (Phi) is 10.5. The molecule has 0 aromatic heterocycles. The molecule has 0 amide bonds. The normalized spacial score (nSPS) is 16.5. The molecule has 0 rings (SSSR count). The molecule has 0 fully saturated rings. The number of ketones is 1. The fourth-order valence-electron chi connectivity index (χ4n) is 0.885. The summed E-state index contributed by atoms with van der Waals surface area (Å²) in [6.45, 7) is -0.102. The molecule has 0 saturated carbocycles. The standard InChI is InChI=1S/C9H14O9.Na.H/c1-3(11)8(16)18-9(17)7(15)6(14)5(13)4(12)2-10;;/h4-7,10,12-15H,2H2,1H3;;/q;+1;-1/t4-,5-,6+,7-;;/m1../s1. The molecule has 0 aliphatic heterocycles. The van der Waals surface area contributed by atoms with E-state index in [-0.39, 0.29) is 31.0 Å². The third kappa shape index (κ3) is 6.54. The summed E-state index contributed by atoms with van der Waals surface area (Å²) >= 11 is 0. The Morgan fingerprint density at radius 3 is 1.95 bits per heavy atom. The van der Waals surface area contributed by atoms with Crippen molar-refractivity contribution in [3.8, 4) is 0 Å². The molecule has 0 bridgehead atoms. The Bertz CT molecular complexity index is 337. The monoisotopic (exact) mass is 290 g/mol. The van der Waals surface area contributed by atoms with E-state index in [1.54, 1.807) is 0 Å². The van der Waals surface area contributed by atoms with Gasteiger partial charge in [-0.15, -0.1) is 0 Å². The molecule has 0 aliphatic rings. The Hall–Kier alpha value is -0.390. The Morgan fingerprint density at radius 1 is 1.11 bits per heavy atom. The van der Waals surface area contributed by atoms with Crippen LogP contribution in [0.25, 0.3) is 0 Å². The zero-order chi connectivity index (χ0) is 14.5. The second kappa shape index (κ2) is 9.50. The summed E-state index contributed by atoms with van der Waals surface area (Å²) in [5, 5.41) is 45.0. The summed E-state index contributed by atoms with van der Waals surface area (Å²) in [7, 11) is 0. The number of hydrogen-bond acceptors (Lipinski definition) is 9.